The van der Waals surface area contributed by atoms with E-state index in [1.54, 1.807) is 0 Å². The molecule has 0 radical (unpaired) electrons. The van der Waals surface area contributed by atoms with Crippen molar-refractivity contribution in [3.63, 3.8) is 0 Å². The third-order valence-corrected chi connectivity index (χ3v) is 2.32. The molecule has 4 nitrogen and oxygen atoms in total. The van der Waals surface area contributed by atoms with Crippen molar-refractivity contribution in [1.29, 1.82) is 0 Å². The summed E-state index contributed by atoms with van der Waals surface area (Å²) >= 11 is 0. The number of rotatable bonds is 1. The summed E-state index contributed by atoms with van der Waals surface area (Å²) in [6.45, 7) is 0. The van der Waals surface area contributed by atoms with Gasteiger partial charge in [0, 0.05) is 12.1 Å². The van der Waals surface area contributed by atoms with E-state index in [2.05, 4.69) is 17.5 Å². The topological polar surface area (TPSA) is 81.1 Å². The van der Waals surface area contributed by atoms with Gasteiger partial charge in [-0.15, -0.1) is 0 Å². The Kier molecular flexibility index (Phi) is 3.76. The molecule has 4 heteroatoms. The maximum Gasteiger partial charge on any atom is 0.312 e. The fraction of sp³-hybridized carbons (Fsp3) is 0.667. The Morgan fingerprint density at radius 2 is 1.92 bits per heavy atom. The molecule has 2 unspecified atom stereocenters. The van der Waals surface area contributed by atoms with Crippen molar-refractivity contribution in [1.82, 2.24) is 5.32 Å². The summed E-state index contributed by atoms with van der Waals surface area (Å²) in [4.78, 5) is 10.6. The lowest BCUT2D eigenvalue weighted by molar-refractivity contribution is 0.241. The fourth-order valence-electron chi connectivity index (χ4n) is 1.58. The minimum atomic E-state index is -0.481. The van der Waals surface area contributed by atoms with Crippen molar-refractivity contribution in [2.24, 2.45) is 11.5 Å². The van der Waals surface area contributed by atoms with E-state index in [0.29, 0.717) is 0 Å². The first-order chi connectivity index (χ1) is 6.20. The summed E-state index contributed by atoms with van der Waals surface area (Å²) in [5.74, 6) is 0. The second-order valence-corrected chi connectivity index (χ2v) is 3.41. The van der Waals surface area contributed by atoms with Crippen LogP contribution >= 0.6 is 0 Å². The van der Waals surface area contributed by atoms with Gasteiger partial charge in [-0.05, 0) is 25.7 Å². The van der Waals surface area contributed by atoms with Gasteiger partial charge in [0.2, 0.25) is 0 Å². The van der Waals surface area contributed by atoms with Gasteiger partial charge in [-0.25, -0.2) is 4.79 Å². The van der Waals surface area contributed by atoms with Crippen LogP contribution in [0.3, 0.4) is 0 Å². The van der Waals surface area contributed by atoms with Crippen LogP contribution in [0.15, 0.2) is 12.2 Å². The Morgan fingerprint density at radius 1 is 1.31 bits per heavy atom. The molecule has 0 aromatic rings. The second kappa shape index (κ2) is 4.87. The van der Waals surface area contributed by atoms with Crippen LogP contribution in [0.4, 0.5) is 4.79 Å². The first-order valence-electron chi connectivity index (χ1n) is 4.66. The van der Waals surface area contributed by atoms with Gasteiger partial charge in [-0.2, -0.15) is 0 Å². The van der Waals surface area contributed by atoms with E-state index in [1.807, 2.05) is 0 Å². The highest BCUT2D eigenvalue weighted by molar-refractivity contribution is 5.72. The molecular weight excluding hydrogens is 166 g/mol. The van der Waals surface area contributed by atoms with Crippen LogP contribution in [0.25, 0.3) is 0 Å². The quantitative estimate of drug-likeness (QED) is 0.517. The molecule has 74 valence electrons. The van der Waals surface area contributed by atoms with Crippen molar-refractivity contribution in [3.8, 4) is 0 Å². The summed E-state index contributed by atoms with van der Waals surface area (Å²) in [6, 6.07) is -0.426. The number of hydrogen-bond donors (Lipinski definition) is 3. The Balaban J connectivity index is 2.48. The molecule has 0 bridgehead atoms. The predicted octanol–water partition coefficient (Wildman–Crippen LogP) is 0.481. The van der Waals surface area contributed by atoms with Gasteiger partial charge in [0.25, 0.3) is 0 Å². The van der Waals surface area contributed by atoms with E-state index in [1.165, 1.54) is 0 Å². The molecule has 0 aliphatic heterocycles. The van der Waals surface area contributed by atoms with E-state index >= 15 is 0 Å². The van der Waals surface area contributed by atoms with Crippen LogP contribution in [0.1, 0.15) is 25.7 Å². The number of nitrogens with one attached hydrogen (secondary N) is 1. The normalized spacial score (nSPS) is 31.5. The molecule has 0 fully saturated rings. The highest BCUT2D eigenvalue weighted by Gasteiger charge is 2.18. The first kappa shape index (κ1) is 10.1. The SMILES string of the molecule is NC(=O)NC1CC/C=C/CCC1N. The summed E-state index contributed by atoms with van der Waals surface area (Å²) in [5.41, 5.74) is 10.9. The molecule has 13 heavy (non-hydrogen) atoms. The lowest BCUT2D eigenvalue weighted by atomic mass is 9.96. The zero-order chi connectivity index (χ0) is 9.68. The molecule has 2 atom stereocenters. The maximum absolute atomic E-state index is 10.6. The summed E-state index contributed by atoms with van der Waals surface area (Å²) in [5, 5.41) is 2.68. The Hall–Kier alpha value is -1.03. The van der Waals surface area contributed by atoms with E-state index in [0.717, 1.165) is 25.7 Å². The van der Waals surface area contributed by atoms with Crippen LogP contribution in [0, 0.1) is 0 Å². The molecule has 1 rings (SSSR count). The molecule has 0 spiro atoms. The largest absolute Gasteiger partial charge is 0.352 e. The number of nitrogens with two attached hydrogens (primary N) is 2. The highest BCUT2D eigenvalue weighted by atomic mass is 16.2. The number of urea groups is 1. The maximum atomic E-state index is 10.6. The van der Waals surface area contributed by atoms with E-state index in [9.17, 15) is 4.79 Å². The van der Waals surface area contributed by atoms with Crippen LogP contribution in [0.2, 0.25) is 0 Å². The van der Waals surface area contributed by atoms with Gasteiger partial charge in [0.15, 0.2) is 0 Å². The molecule has 0 aromatic heterocycles. The number of amides is 2. The molecule has 0 aromatic carbocycles. The lowest BCUT2D eigenvalue weighted by Gasteiger charge is -2.24. The third kappa shape index (κ3) is 3.46. The van der Waals surface area contributed by atoms with Crippen molar-refractivity contribution in [2.45, 2.75) is 37.8 Å². The zero-order valence-corrected chi connectivity index (χ0v) is 7.70. The number of hydrogen-bond acceptors (Lipinski definition) is 2. The number of allylic oxidation sites excluding steroid dienone is 2. The molecule has 1 aliphatic carbocycles. The van der Waals surface area contributed by atoms with Crippen molar-refractivity contribution in [2.75, 3.05) is 0 Å². The van der Waals surface area contributed by atoms with Crippen molar-refractivity contribution in [3.05, 3.63) is 12.2 Å². The Labute approximate surface area is 78.4 Å². The second-order valence-electron chi connectivity index (χ2n) is 3.41. The van der Waals surface area contributed by atoms with E-state index in [-0.39, 0.29) is 12.1 Å². The van der Waals surface area contributed by atoms with Gasteiger partial charge in [-0.3, -0.25) is 0 Å². The van der Waals surface area contributed by atoms with Crippen LogP contribution in [0.5, 0.6) is 0 Å². The highest BCUT2D eigenvalue weighted by Crippen LogP contribution is 2.11. The monoisotopic (exact) mass is 183 g/mol. The molecule has 5 N–H and O–H groups in total. The van der Waals surface area contributed by atoms with Gasteiger partial charge in [0.05, 0.1) is 0 Å². The smallest absolute Gasteiger partial charge is 0.312 e. The zero-order valence-electron chi connectivity index (χ0n) is 7.70. The first-order valence-corrected chi connectivity index (χ1v) is 4.66. The standard InChI is InChI=1S/C9H17N3O/c10-7-5-3-1-2-4-6-8(7)12-9(11)13/h1-2,7-8H,3-6,10H2,(H3,11,12,13)/b2-1+. The molecular formula is C9H17N3O. The number of carbonyl (C=O) groups is 1. The number of primary amides is 1. The lowest BCUT2D eigenvalue weighted by Crippen LogP contribution is -2.49. The van der Waals surface area contributed by atoms with Gasteiger partial charge in [-0.1, -0.05) is 12.2 Å². The molecule has 0 saturated heterocycles. The summed E-state index contributed by atoms with van der Waals surface area (Å²) < 4.78 is 0. The third-order valence-electron chi connectivity index (χ3n) is 2.32. The number of carbonyl (C=O) groups excluding carboxylic acids is 1. The van der Waals surface area contributed by atoms with Gasteiger partial charge < -0.3 is 16.8 Å². The van der Waals surface area contributed by atoms with Crippen LogP contribution in [-0.2, 0) is 0 Å². The van der Waals surface area contributed by atoms with E-state index < -0.39 is 6.03 Å². The average Bonchev–Trinajstić information content (AvgIpc) is 2.04. The Bertz CT molecular complexity index is 203. The summed E-state index contributed by atoms with van der Waals surface area (Å²) in [7, 11) is 0. The molecule has 0 saturated carbocycles. The fourth-order valence-corrected chi connectivity index (χ4v) is 1.58. The average molecular weight is 183 g/mol. The van der Waals surface area contributed by atoms with Crippen molar-refractivity contribution < 1.29 is 4.79 Å². The minimum Gasteiger partial charge on any atom is -0.352 e. The van der Waals surface area contributed by atoms with Gasteiger partial charge >= 0.3 is 6.03 Å². The van der Waals surface area contributed by atoms with Crippen LogP contribution < -0.4 is 16.8 Å². The molecule has 2 amide bonds. The molecule has 0 heterocycles. The Morgan fingerprint density at radius 3 is 2.54 bits per heavy atom. The van der Waals surface area contributed by atoms with Gasteiger partial charge in [0.1, 0.15) is 0 Å². The summed E-state index contributed by atoms with van der Waals surface area (Å²) in [6.07, 6.45) is 7.99. The van der Waals surface area contributed by atoms with E-state index in [4.69, 9.17) is 11.5 Å². The van der Waals surface area contributed by atoms with Crippen molar-refractivity contribution >= 4 is 6.03 Å². The molecule has 1 aliphatic rings. The minimum absolute atomic E-state index is 0.0254. The van der Waals surface area contributed by atoms with Crippen LogP contribution in [-0.4, -0.2) is 18.1 Å². The predicted molar refractivity (Wildman–Crippen MR) is 52.1 cm³/mol.